The number of amides is 2. The Morgan fingerprint density at radius 1 is 1.15 bits per heavy atom. The Morgan fingerprint density at radius 2 is 1.81 bits per heavy atom. The van der Waals surface area contributed by atoms with Crippen molar-refractivity contribution in [1.82, 2.24) is 15.1 Å². The highest BCUT2D eigenvalue weighted by atomic mass is 19.4. The molecular weight excluding hydrogens is 347 g/mol. The third kappa shape index (κ3) is 6.01. The molecule has 1 aromatic rings. The van der Waals surface area contributed by atoms with E-state index in [9.17, 15) is 22.8 Å². The zero-order valence-electron chi connectivity index (χ0n) is 15.0. The molecule has 1 aromatic carbocycles. The number of nitrogens with one attached hydrogen (secondary N) is 1. The molecule has 2 amide bonds. The maximum atomic E-state index is 12.8. The summed E-state index contributed by atoms with van der Waals surface area (Å²) in [6.45, 7) is 6.14. The van der Waals surface area contributed by atoms with Gasteiger partial charge in [0.15, 0.2) is 0 Å². The Kier molecular flexibility index (Phi) is 6.63. The van der Waals surface area contributed by atoms with Crippen LogP contribution in [-0.4, -0.2) is 60.4 Å². The Bertz CT molecular complexity index is 639. The lowest BCUT2D eigenvalue weighted by molar-refractivity contribution is -0.138. The van der Waals surface area contributed by atoms with E-state index in [2.05, 4.69) is 5.32 Å². The number of carbonyl (C=O) groups excluding carboxylic acids is 2. The van der Waals surface area contributed by atoms with Crippen LogP contribution in [0, 0.1) is 0 Å². The number of halogens is 3. The van der Waals surface area contributed by atoms with E-state index in [4.69, 9.17) is 0 Å². The monoisotopic (exact) mass is 371 g/mol. The number of nitrogens with zero attached hydrogens (tertiary/aromatic N) is 2. The highest BCUT2D eigenvalue weighted by molar-refractivity contribution is 5.79. The van der Waals surface area contributed by atoms with Gasteiger partial charge in [-0.15, -0.1) is 0 Å². The predicted molar refractivity (Wildman–Crippen MR) is 91.4 cm³/mol. The highest BCUT2D eigenvalue weighted by Crippen LogP contribution is 2.29. The fourth-order valence-electron chi connectivity index (χ4n) is 2.87. The van der Waals surface area contributed by atoms with Crippen LogP contribution in [0.5, 0.6) is 0 Å². The highest BCUT2D eigenvalue weighted by Gasteiger charge is 2.30. The molecule has 0 spiro atoms. The second-order valence-electron chi connectivity index (χ2n) is 6.75. The molecule has 1 heterocycles. The van der Waals surface area contributed by atoms with E-state index in [1.807, 2.05) is 18.7 Å². The van der Waals surface area contributed by atoms with Crippen molar-refractivity contribution in [3.05, 3.63) is 35.4 Å². The third-order valence-electron chi connectivity index (χ3n) is 4.15. The SMILES string of the molecule is CC(C)NC(=O)CN1CCN(C(=O)Cc2cccc(C(F)(F)F)c2)CC1. The molecule has 0 bridgehead atoms. The minimum Gasteiger partial charge on any atom is -0.353 e. The van der Waals surface area contributed by atoms with Gasteiger partial charge in [0.05, 0.1) is 18.5 Å². The van der Waals surface area contributed by atoms with Crippen molar-refractivity contribution in [3.63, 3.8) is 0 Å². The topological polar surface area (TPSA) is 52.7 Å². The molecule has 5 nitrogen and oxygen atoms in total. The van der Waals surface area contributed by atoms with Gasteiger partial charge in [-0.1, -0.05) is 18.2 Å². The summed E-state index contributed by atoms with van der Waals surface area (Å²) in [5.41, 5.74) is -0.396. The smallest absolute Gasteiger partial charge is 0.353 e. The fraction of sp³-hybridized carbons (Fsp3) is 0.556. The molecule has 0 saturated carbocycles. The zero-order valence-corrected chi connectivity index (χ0v) is 15.0. The number of rotatable bonds is 5. The molecule has 2 rings (SSSR count). The first-order valence-corrected chi connectivity index (χ1v) is 8.61. The standard InChI is InChI=1S/C18H24F3N3O2/c1-13(2)22-16(25)12-23-6-8-24(9-7-23)17(26)11-14-4-3-5-15(10-14)18(19,20)21/h3-5,10,13H,6-9,11-12H2,1-2H3,(H,22,25). The molecule has 0 atom stereocenters. The molecule has 1 fully saturated rings. The average molecular weight is 371 g/mol. The minimum atomic E-state index is -4.42. The maximum Gasteiger partial charge on any atom is 0.416 e. The van der Waals surface area contributed by atoms with E-state index in [1.54, 1.807) is 4.90 Å². The molecule has 26 heavy (non-hydrogen) atoms. The Balaban J connectivity index is 1.84. The van der Waals surface area contributed by atoms with E-state index in [-0.39, 0.29) is 30.8 Å². The van der Waals surface area contributed by atoms with Crippen LogP contribution in [0.2, 0.25) is 0 Å². The average Bonchev–Trinajstić information content (AvgIpc) is 2.54. The number of hydrogen-bond donors (Lipinski definition) is 1. The van der Waals surface area contributed by atoms with Crippen molar-refractivity contribution < 1.29 is 22.8 Å². The number of piperazine rings is 1. The van der Waals surface area contributed by atoms with Gasteiger partial charge in [-0.3, -0.25) is 14.5 Å². The normalized spacial score (nSPS) is 16.0. The van der Waals surface area contributed by atoms with Gasteiger partial charge in [0.25, 0.3) is 0 Å². The number of carbonyl (C=O) groups is 2. The van der Waals surface area contributed by atoms with Gasteiger partial charge in [-0.25, -0.2) is 0 Å². The van der Waals surface area contributed by atoms with Gasteiger partial charge in [0.2, 0.25) is 11.8 Å². The summed E-state index contributed by atoms with van der Waals surface area (Å²) >= 11 is 0. The first-order chi connectivity index (χ1) is 12.1. The van der Waals surface area contributed by atoms with E-state index < -0.39 is 11.7 Å². The first-order valence-electron chi connectivity index (χ1n) is 8.61. The van der Waals surface area contributed by atoms with Crippen LogP contribution < -0.4 is 5.32 Å². The number of alkyl halides is 3. The van der Waals surface area contributed by atoms with Crippen molar-refractivity contribution in [2.75, 3.05) is 32.7 Å². The van der Waals surface area contributed by atoms with Crippen LogP contribution in [0.1, 0.15) is 25.0 Å². The Morgan fingerprint density at radius 3 is 2.38 bits per heavy atom. The summed E-state index contributed by atoms with van der Waals surface area (Å²) in [7, 11) is 0. The lowest BCUT2D eigenvalue weighted by Crippen LogP contribution is -2.51. The molecule has 1 aliphatic heterocycles. The van der Waals surface area contributed by atoms with Gasteiger partial charge >= 0.3 is 6.18 Å². The van der Waals surface area contributed by atoms with Gasteiger partial charge < -0.3 is 10.2 Å². The predicted octanol–water partition coefficient (Wildman–Crippen LogP) is 1.92. The first kappa shape index (κ1) is 20.2. The molecule has 0 unspecified atom stereocenters. The van der Waals surface area contributed by atoms with Gasteiger partial charge in [0.1, 0.15) is 0 Å². The summed E-state index contributed by atoms with van der Waals surface area (Å²) in [5, 5.41) is 2.82. The van der Waals surface area contributed by atoms with Crippen molar-refractivity contribution in [3.8, 4) is 0 Å². The van der Waals surface area contributed by atoms with Crippen LogP contribution in [0.25, 0.3) is 0 Å². The van der Waals surface area contributed by atoms with Gasteiger partial charge in [-0.2, -0.15) is 13.2 Å². The van der Waals surface area contributed by atoms with Crippen LogP contribution in [0.15, 0.2) is 24.3 Å². The maximum absolute atomic E-state index is 12.8. The second kappa shape index (κ2) is 8.53. The van der Waals surface area contributed by atoms with Crippen molar-refractivity contribution in [2.24, 2.45) is 0 Å². The van der Waals surface area contributed by atoms with Crippen LogP contribution in [0.4, 0.5) is 13.2 Å². The molecule has 0 aliphatic carbocycles. The molecule has 1 saturated heterocycles. The summed E-state index contributed by atoms with van der Waals surface area (Å²) in [5.74, 6) is -0.251. The van der Waals surface area contributed by atoms with E-state index in [0.29, 0.717) is 31.7 Å². The molecule has 0 radical (unpaired) electrons. The third-order valence-corrected chi connectivity index (χ3v) is 4.15. The Hall–Kier alpha value is -2.09. The fourth-order valence-corrected chi connectivity index (χ4v) is 2.87. The molecule has 8 heteroatoms. The molecular formula is C18H24F3N3O2. The lowest BCUT2D eigenvalue weighted by Gasteiger charge is -2.34. The van der Waals surface area contributed by atoms with Crippen molar-refractivity contribution >= 4 is 11.8 Å². The second-order valence-corrected chi connectivity index (χ2v) is 6.75. The number of hydrogen-bond acceptors (Lipinski definition) is 3. The van der Waals surface area contributed by atoms with E-state index >= 15 is 0 Å². The van der Waals surface area contributed by atoms with E-state index in [0.717, 1.165) is 12.1 Å². The van der Waals surface area contributed by atoms with Gasteiger partial charge in [-0.05, 0) is 25.5 Å². The van der Waals surface area contributed by atoms with Crippen molar-refractivity contribution in [1.29, 1.82) is 0 Å². The number of benzene rings is 1. The minimum absolute atomic E-state index is 0.0521. The molecule has 1 aliphatic rings. The summed E-state index contributed by atoms with van der Waals surface area (Å²) in [6, 6.07) is 4.94. The van der Waals surface area contributed by atoms with Crippen LogP contribution >= 0.6 is 0 Å². The molecule has 0 aromatic heterocycles. The lowest BCUT2D eigenvalue weighted by atomic mass is 10.1. The summed E-state index contributed by atoms with van der Waals surface area (Å²) in [6.07, 6.45) is -4.47. The summed E-state index contributed by atoms with van der Waals surface area (Å²) in [4.78, 5) is 27.7. The molecule has 1 N–H and O–H groups in total. The summed E-state index contributed by atoms with van der Waals surface area (Å²) < 4.78 is 38.3. The van der Waals surface area contributed by atoms with Crippen LogP contribution in [-0.2, 0) is 22.2 Å². The quantitative estimate of drug-likeness (QED) is 0.860. The van der Waals surface area contributed by atoms with E-state index in [1.165, 1.54) is 12.1 Å². The Labute approximate surface area is 151 Å². The van der Waals surface area contributed by atoms with Crippen LogP contribution in [0.3, 0.4) is 0 Å². The molecule has 144 valence electrons. The van der Waals surface area contributed by atoms with Gasteiger partial charge in [0, 0.05) is 32.2 Å². The largest absolute Gasteiger partial charge is 0.416 e. The van der Waals surface area contributed by atoms with Crippen molar-refractivity contribution in [2.45, 2.75) is 32.5 Å². The zero-order chi connectivity index (χ0) is 19.3.